The van der Waals surface area contributed by atoms with E-state index in [4.69, 9.17) is 0 Å². The molecule has 0 aromatic heterocycles. The Bertz CT molecular complexity index is 402. The first-order valence-corrected chi connectivity index (χ1v) is 8.10. The highest BCUT2D eigenvalue weighted by Crippen LogP contribution is 2.30. The van der Waals surface area contributed by atoms with Gasteiger partial charge in [0.25, 0.3) is 0 Å². The van der Waals surface area contributed by atoms with E-state index >= 15 is 0 Å². The van der Waals surface area contributed by atoms with Gasteiger partial charge in [-0.1, -0.05) is 45.0 Å². The summed E-state index contributed by atoms with van der Waals surface area (Å²) in [6.07, 6.45) is 3.85. The predicted molar refractivity (Wildman–Crippen MR) is 86.7 cm³/mol. The second kappa shape index (κ2) is 7.24. The van der Waals surface area contributed by atoms with Crippen molar-refractivity contribution < 1.29 is 0 Å². The van der Waals surface area contributed by atoms with Gasteiger partial charge in [-0.15, -0.1) is 0 Å². The number of hydrogen-bond acceptors (Lipinski definition) is 2. The predicted octanol–water partition coefficient (Wildman–Crippen LogP) is 3.81. The van der Waals surface area contributed by atoms with Crippen molar-refractivity contribution >= 4 is 0 Å². The molecule has 0 atom stereocenters. The summed E-state index contributed by atoms with van der Waals surface area (Å²) in [6, 6.07) is 9.06. The van der Waals surface area contributed by atoms with E-state index in [1.54, 1.807) is 0 Å². The first-order chi connectivity index (χ1) is 9.59. The van der Waals surface area contributed by atoms with Crippen molar-refractivity contribution in [2.45, 2.75) is 53.1 Å². The van der Waals surface area contributed by atoms with Crippen LogP contribution in [-0.2, 0) is 13.1 Å². The van der Waals surface area contributed by atoms with Crippen LogP contribution >= 0.6 is 0 Å². The Morgan fingerprint density at radius 1 is 1.15 bits per heavy atom. The van der Waals surface area contributed by atoms with Gasteiger partial charge >= 0.3 is 0 Å². The maximum Gasteiger partial charge on any atom is 0.0233 e. The van der Waals surface area contributed by atoms with Crippen molar-refractivity contribution in [2.75, 3.05) is 19.6 Å². The highest BCUT2D eigenvalue weighted by Gasteiger charge is 2.25. The van der Waals surface area contributed by atoms with Gasteiger partial charge in [-0.2, -0.15) is 0 Å². The van der Waals surface area contributed by atoms with E-state index < -0.39 is 0 Å². The minimum atomic E-state index is 0.544. The van der Waals surface area contributed by atoms with Crippen LogP contribution in [0.15, 0.2) is 24.3 Å². The van der Waals surface area contributed by atoms with Crippen LogP contribution < -0.4 is 5.32 Å². The molecule has 0 unspecified atom stereocenters. The Morgan fingerprint density at radius 3 is 2.55 bits per heavy atom. The molecule has 0 spiro atoms. The second-order valence-corrected chi connectivity index (χ2v) is 6.94. The fraction of sp³-hybridized carbons (Fsp3) is 0.667. The average Bonchev–Trinajstić information content (AvgIpc) is 2.42. The zero-order valence-electron chi connectivity index (χ0n) is 13.4. The monoisotopic (exact) mass is 274 g/mol. The maximum atomic E-state index is 3.48. The topological polar surface area (TPSA) is 15.3 Å². The van der Waals surface area contributed by atoms with Crippen LogP contribution in [0.5, 0.6) is 0 Å². The molecule has 2 nitrogen and oxygen atoms in total. The Balaban J connectivity index is 1.85. The Kier molecular flexibility index (Phi) is 5.62. The first kappa shape index (κ1) is 15.5. The normalized spacial score (nSPS) is 19.1. The standard InChI is InChI=1S/C18H30N2/c1-4-10-19-14-16-6-5-7-17(13-16)15-20-11-8-18(2,3)9-12-20/h5-7,13,19H,4,8-12,14-15H2,1-3H3. The van der Waals surface area contributed by atoms with Gasteiger partial charge in [-0.3, -0.25) is 4.90 Å². The van der Waals surface area contributed by atoms with Gasteiger partial charge in [0.2, 0.25) is 0 Å². The minimum Gasteiger partial charge on any atom is -0.313 e. The largest absolute Gasteiger partial charge is 0.313 e. The smallest absolute Gasteiger partial charge is 0.0233 e. The Morgan fingerprint density at radius 2 is 1.85 bits per heavy atom. The molecule has 2 heteroatoms. The van der Waals surface area contributed by atoms with Gasteiger partial charge in [0, 0.05) is 13.1 Å². The van der Waals surface area contributed by atoms with Crippen molar-refractivity contribution in [3.8, 4) is 0 Å². The number of hydrogen-bond donors (Lipinski definition) is 1. The SMILES string of the molecule is CCCNCc1cccc(CN2CCC(C)(C)CC2)c1. The van der Waals surface area contributed by atoms with E-state index in [9.17, 15) is 0 Å². The molecule has 112 valence electrons. The van der Waals surface area contributed by atoms with Crippen LogP contribution in [0.2, 0.25) is 0 Å². The number of rotatable bonds is 6. The number of nitrogens with one attached hydrogen (secondary N) is 1. The highest BCUT2D eigenvalue weighted by atomic mass is 15.1. The zero-order chi connectivity index (χ0) is 14.4. The van der Waals surface area contributed by atoms with Crippen LogP contribution in [0.25, 0.3) is 0 Å². The van der Waals surface area contributed by atoms with E-state index in [0.717, 1.165) is 19.6 Å². The minimum absolute atomic E-state index is 0.544. The van der Waals surface area contributed by atoms with Gasteiger partial charge in [0.1, 0.15) is 0 Å². The van der Waals surface area contributed by atoms with E-state index in [0.29, 0.717) is 5.41 Å². The molecule has 2 rings (SSSR count). The van der Waals surface area contributed by atoms with Crippen LogP contribution in [-0.4, -0.2) is 24.5 Å². The molecule has 1 saturated heterocycles. The number of nitrogens with zero attached hydrogens (tertiary/aromatic N) is 1. The Labute approximate surface area is 124 Å². The van der Waals surface area contributed by atoms with E-state index in [2.05, 4.69) is 55.3 Å². The molecular formula is C18H30N2. The second-order valence-electron chi connectivity index (χ2n) is 6.94. The number of benzene rings is 1. The van der Waals surface area contributed by atoms with Crippen LogP contribution in [0.4, 0.5) is 0 Å². The summed E-state index contributed by atoms with van der Waals surface area (Å²) in [5.74, 6) is 0. The molecule has 1 aromatic rings. The lowest BCUT2D eigenvalue weighted by atomic mass is 9.82. The Hall–Kier alpha value is -0.860. The lowest BCUT2D eigenvalue weighted by Gasteiger charge is -2.37. The van der Waals surface area contributed by atoms with Crippen molar-refractivity contribution in [3.63, 3.8) is 0 Å². The van der Waals surface area contributed by atoms with Gasteiger partial charge < -0.3 is 5.32 Å². The zero-order valence-corrected chi connectivity index (χ0v) is 13.4. The summed E-state index contributed by atoms with van der Waals surface area (Å²) in [5.41, 5.74) is 3.41. The molecule has 0 radical (unpaired) electrons. The van der Waals surface area contributed by atoms with Crippen molar-refractivity contribution in [1.29, 1.82) is 0 Å². The summed E-state index contributed by atoms with van der Waals surface area (Å²) in [6.45, 7) is 12.7. The molecule has 1 aliphatic heterocycles. The third-order valence-corrected chi connectivity index (χ3v) is 4.36. The molecule has 1 N–H and O–H groups in total. The van der Waals surface area contributed by atoms with E-state index in [-0.39, 0.29) is 0 Å². The van der Waals surface area contributed by atoms with Gasteiger partial charge in [-0.05, 0) is 55.4 Å². The molecule has 20 heavy (non-hydrogen) atoms. The molecule has 1 aromatic carbocycles. The summed E-state index contributed by atoms with van der Waals surface area (Å²) in [5, 5.41) is 3.48. The average molecular weight is 274 g/mol. The first-order valence-electron chi connectivity index (χ1n) is 8.10. The van der Waals surface area contributed by atoms with E-state index in [1.807, 2.05) is 0 Å². The van der Waals surface area contributed by atoms with Gasteiger partial charge in [0.15, 0.2) is 0 Å². The highest BCUT2D eigenvalue weighted by molar-refractivity contribution is 5.23. The third-order valence-electron chi connectivity index (χ3n) is 4.36. The third kappa shape index (κ3) is 4.92. The number of piperidine rings is 1. The molecule has 1 fully saturated rings. The van der Waals surface area contributed by atoms with Crippen LogP contribution in [0.3, 0.4) is 0 Å². The van der Waals surface area contributed by atoms with Crippen molar-refractivity contribution in [1.82, 2.24) is 10.2 Å². The lowest BCUT2D eigenvalue weighted by molar-refractivity contribution is 0.127. The summed E-state index contributed by atoms with van der Waals surface area (Å²) in [7, 11) is 0. The molecule has 1 heterocycles. The fourth-order valence-corrected chi connectivity index (χ4v) is 2.82. The molecule has 0 bridgehead atoms. The molecule has 0 saturated carbocycles. The lowest BCUT2D eigenvalue weighted by Crippen LogP contribution is -2.36. The fourth-order valence-electron chi connectivity index (χ4n) is 2.82. The van der Waals surface area contributed by atoms with Gasteiger partial charge in [0.05, 0.1) is 0 Å². The van der Waals surface area contributed by atoms with Crippen LogP contribution in [0.1, 0.15) is 51.2 Å². The molecule has 0 aliphatic carbocycles. The summed E-state index contributed by atoms with van der Waals surface area (Å²) in [4.78, 5) is 2.60. The quantitative estimate of drug-likeness (QED) is 0.794. The number of likely N-dealkylation sites (tertiary alicyclic amines) is 1. The van der Waals surface area contributed by atoms with Gasteiger partial charge in [-0.25, -0.2) is 0 Å². The van der Waals surface area contributed by atoms with Crippen LogP contribution in [0, 0.1) is 5.41 Å². The van der Waals surface area contributed by atoms with Crippen molar-refractivity contribution in [3.05, 3.63) is 35.4 Å². The van der Waals surface area contributed by atoms with Crippen molar-refractivity contribution in [2.24, 2.45) is 5.41 Å². The summed E-state index contributed by atoms with van der Waals surface area (Å²) >= 11 is 0. The molecule has 0 amide bonds. The summed E-state index contributed by atoms with van der Waals surface area (Å²) < 4.78 is 0. The molecule has 1 aliphatic rings. The van der Waals surface area contributed by atoms with E-state index in [1.165, 1.54) is 43.5 Å². The maximum absolute atomic E-state index is 3.48. The molecular weight excluding hydrogens is 244 g/mol.